The van der Waals surface area contributed by atoms with E-state index in [1.807, 2.05) is 39.0 Å². The van der Waals surface area contributed by atoms with Gasteiger partial charge in [-0.3, -0.25) is 0 Å². The van der Waals surface area contributed by atoms with E-state index in [1.54, 1.807) is 4.90 Å². The second kappa shape index (κ2) is 8.39. The monoisotopic (exact) mass is 382 g/mol. The van der Waals surface area contributed by atoms with Gasteiger partial charge in [0.25, 0.3) is 0 Å². The molecule has 1 saturated heterocycles. The maximum absolute atomic E-state index is 12.4. The van der Waals surface area contributed by atoms with E-state index < -0.39 is 15.4 Å². The van der Waals surface area contributed by atoms with Crippen LogP contribution >= 0.6 is 0 Å². The number of ether oxygens (including phenoxy) is 1. The van der Waals surface area contributed by atoms with Gasteiger partial charge in [0.05, 0.1) is 5.75 Å². The molecule has 1 heterocycles. The quantitative estimate of drug-likeness (QED) is 0.846. The fourth-order valence-corrected chi connectivity index (χ4v) is 3.67. The van der Waals surface area contributed by atoms with Crippen molar-refractivity contribution >= 4 is 15.9 Å². The molecule has 1 fully saturated rings. The number of rotatable bonds is 5. The minimum absolute atomic E-state index is 0.0135. The lowest BCUT2D eigenvalue weighted by Gasteiger charge is -2.39. The second-order valence-corrected chi connectivity index (χ2v) is 10.2. The van der Waals surface area contributed by atoms with E-state index in [4.69, 9.17) is 4.74 Å². The van der Waals surface area contributed by atoms with E-state index in [1.165, 1.54) is 11.8 Å². The van der Waals surface area contributed by atoms with Gasteiger partial charge in [-0.1, -0.05) is 30.3 Å². The molecule has 0 aromatic heterocycles. The smallest absolute Gasteiger partial charge is 0.410 e. The van der Waals surface area contributed by atoms with Crippen LogP contribution in [0.5, 0.6) is 0 Å². The summed E-state index contributed by atoms with van der Waals surface area (Å²) in [5.74, 6) is 0.312. The van der Waals surface area contributed by atoms with Crippen molar-refractivity contribution in [3.63, 3.8) is 0 Å². The average molecular weight is 383 g/mol. The van der Waals surface area contributed by atoms with Crippen molar-refractivity contribution < 1.29 is 17.9 Å². The van der Waals surface area contributed by atoms with Crippen LogP contribution < -0.4 is 5.32 Å². The number of hydrogen-bond donors (Lipinski definition) is 1. The summed E-state index contributed by atoms with van der Waals surface area (Å²) >= 11 is 0. The average Bonchev–Trinajstić information content (AvgIpc) is 2.53. The van der Waals surface area contributed by atoms with Gasteiger partial charge < -0.3 is 15.0 Å². The van der Waals surface area contributed by atoms with Crippen LogP contribution in [-0.4, -0.2) is 62.7 Å². The van der Waals surface area contributed by atoms with E-state index in [9.17, 15) is 13.2 Å². The summed E-state index contributed by atoms with van der Waals surface area (Å²) in [7, 11) is -3.03. The van der Waals surface area contributed by atoms with Crippen LogP contribution in [0.3, 0.4) is 0 Å². The number of nitrogens with one attached hydrogen (secondary N) is 1. The standard InChI is InChI=1S/C19H30N2O4S/c1-19(2,3)25-18(22)21-12-10-16(15-8-6-5-7-9-15)17(14-21)20-11-13-26(4,23)24/h5-9,16-17,20H,10-14H2,1-4H3. The number of carbonyl (C=O) groups excluding carboxylic acids is 1. The van der Waals surface area contributed by atoms with Crippen molar-refractivity contribution in [1.82, 2.24) is 10.2 Å². The molecule has 1 amide bonds. The van der Waals surface area contributed by atoms with Gasteiger partial charge in [0.1, 0.15) is 15.4 Å². The molecular weight excluding hydrogens is 352 g/mol. The van der Waals surface area contributed by atoms with E-state index in [-0.39, 0.29) is 23.8 Å². The van der Waals surface area contributed by atoms with Crippen LogP contribution in [0.15, 0.2) is 30.3 Å². The highest BCUT2D eigenvalue weighted by molar-refractivity contribution is 7.90. The molecule has 1 N–H and O–H groups in total. The van der Waals surface area contributed by atoms with Gasteiger partial charge >= 0.3 is 6.09 Å². The van der Waals surface area contributed by atoms with Crippen LogP contribution in [0.4, 0.5) is 4.79 Å². The SMILES string of the molecule is CC(C)(C)OC(=O)N1CCC(c2ccccc2)C(NCCS(C)(=O)=O)C1. The molecule has 1 aliphatic rings. The summed E-state index contributed by atoms with van der Waals surface area (Å²) in [4.78, 5) is 14.1. The molecule has 0 radical (unpaired) electrons. The summed E-state index contributed by atoms with van der Waals surface area (Å²) in [6.45, 7) is 7.04. The zero-order valence-corrected chi connectivity index (χ0v) is 16.9. The Morgan fingerprint density at radius 1 is 1.27 bits per heavy atom. The second-order valence-electron chi connectivity index (χ2n) is 7.92. The summed E-state index contributed by atoms with van der Waals surface area (Å²) < 4.78 is 28.3. The molecule has 0 spiro atoms. The van der Waals surface area contributed by atoms with Crippen LogP contribution in [0.1, 0.15) is 38.7 Å². The third-order valence-corrected chi connectivity index (χ3v) is 5.32. The molecule has 2 rings (SSSR count). The summed E-state index contributed by atoms with van der Waals surface area (Å²) in [5.41, 5.74) is 0.667. The molecule has 6 nitrogen and oxygen atoms in total. The molecule has 26 heavy (non-hydrogen) atoms. The van der Waals surface area contributed by atoms with Crippen molar-refractivity contribution in [2.45, 2.75) is 44.8 Å². The Labute approximate surface area is 156 Å². The zero-order chi connectivity index (χ0) is 19.4. The van der Waals surface area contributed by atoms with Crippen molar-refractivity contribution in [2.24, 2.45) is 0 Å². The van der Waals surface area contributed by atoms with Gasteiger partial charge in [-0.05, 0) is 32.8 Å². The third-order valence-electron chi connectivity index (χ3n) is 4.37. The number of hydrogen-bond acceptors (Lipinski definition) is 5. The number of sulfone groups is 1. The van der Waals surface area contributed by atoms with E-state index in [0.29, 0.717) is 19.6 Å². The molecule has 2 unspecified atom stereocenters. The van der Waals surface area contributed by atoms with Crippen LogP contribution in [0.2, 0.25) is 0 Å². The van der Waals surface area contributed by atoms with E-state index in [0.717, 1.165) is 6.42 Å². The largest absolute Gasteiger partial charge is 0.444 e. The molecular formula is C19H30N2O4S. The van der Waals surface area contributed by atoms with E-state index >= 15 is 0 Å². The molecule has 1 aromatic carbocycles. The minimum atomic E-state index is -3.03. The highest BCUT2D eigenvalue weighted by atomic mass is 32.2. The van der Waals surface area contributed by atoms with Gasteiger partial charge in [-0.2, -0.15) is 0 Å². The van der Waals surface area contributed by atoms with Gasteiger partial charge in [0.15, 0.2) is 0 Å². The topological polar surface area (TPSA) is 75.7 Å². The number of likely N-dealkylation sites (tertiary alicyclic amines) is 1. The Hall–Kier alpha value is -1.60. The zero-order valence-electron chi connectivity index (χ0n) is 16.1. The van der Waals surface area contributed by atoms with E-state index in [2.05, 4.69) is 17.4 Å². The summed E-state index contributed by atoms with van der Waals surface area (Å²) in [5, 5.41) is 3.35. The normalized spacial score (nSPS) is 21.5. The molecule has 1 aromatic rings. The minimum Gasteiger partial charge on any atom is -0.444 e. The van der Waals surface area contributed by atoms with Crippen molar-refractivity contribution in [2.75, 3.05) is 31.6 Å². The Kier molecular flexibility index (Phi) is 6.69. The Bertz CT molecular complexity index is 698. The van der Waals surface area contributed by atoms with Gasteiger partial charge in [-0.25, -0.2) is 13.2 Å². The summed E-state index contributed by atoms with van der Waals surface area (Å²) in [6.07, 6.45) is 1.72. The van der Waals surface area contributed by atoms with Crippen LogP contribution in [0, 0.1) is 0 Å². The Morgan fingerprint density at radius 2 is 1.92 bits per heavy atom. The lowest BCUT2D eigenvalue weighted by Crippen LogP contribution is -2.53. The molecule has 0 aliphatic carbocycles. The lowest BCUT2D eigenvalue weighted by atomic mass is 9.85. The highest BCUT2D eigenvalue weighted by Crippen LogP contribution is 2.29. The fourth-order valence-electron chi connectivity index (χ4n) is 3.18. The first-order valence-corrected chi connectivity index (χ1v) is 11.1. The third kappa shape index (κ3) is 6.61. The predicted octanol–water partition coefficient (Wildman–Crippen LogP) is 2.41. The number of piperidine rings is 1. The highest BCUT2D eigenvalue weighted by Gasteiger charge is 2.34. The van der Waals surface area contributed by atoms with Crippen molar-refractivity contribution in [1.29, 1.82) is 0 Å². The van der Waals surface area contributed by atoms with Crippen LogP contribution in [0.25, 0.3) is 0 Å². The molecule has 0 saturated carbocycles. The Morgan fingerprint density at radius 3 is 2.50 bits per heavy atom. The number of nitrogens with zero attached hydrogens (tertiary/aromatic N) is 1. The van der Waals surface area contributed by atoms with Gasteiger partial charge in [0, 0.05) is 37.8 Å². The maximum Gasteiger partial charge on any atom is 0.410 e. The van der Waals surface area contributed by atoms with Crippen molar-refractivity contribution in [3.8, 4) is 0 Å². The first-order valence-electron chi connectivity index (χ1n) is 8.99. The van der Waals surface area contributed by atoms with Crippen molar-refractivity contribution in [3.05, 3.63) is 35.9 Å². The summed E-state index contributed by atoms with van der Waals surface area (Å²) in [6, 6.07) is 10.1. The maximum atomic E-state index is 12.4. The van der Waals surface area contributed by atoms with Gasteiger partial charge in [0.2, 0.25) is 0 Å². The van der Waals surface area contributed by atoms with Gasteiger partial charge in [-0.15, -0.1) is 0 Å². The molecule has 0 bridgehead atoms. The number of benzene rings is 1. The molecule has 1 aliphatic heterocycles. The molecule has 7 heteroatoms. The number of amides is 1. The molecule has 146 valence electrons. The first-order chi connectivity index (χ1) is 12.1. The molecule has 2 atom stereocenters. The Balaban J connectivity index is 2.09. The fraction of sp³-hybridized carbons (Fsp3) is 0.632. The predicted molar refractivity (Wildman–Crippen MR) is 103 cm³/mol. The first kappa shape index (κ1) is 20.7. The van der Waals surface area contributed by atoms with Crippen LogP contribution in [-0.2, 0) is 14.6 Å². The number of carbonyl (C=O) groups is 1. The lowest BCUT2D eigenvalue weighted by molar-refractivity contribution is 0.0172.